The van der Waals surface area contributed by atoms with E-state index in [-0.39, 0.29) is 12.3 Å². The molecular formula is C27H25ClN2O5S. The van der Waals surface area contributed by atoms with Crippen molar-refractivity contribution in [3.63, 3.8) is 0 Å². The number of halogens is 1. The molecule has 4 aromatic rings. The second kappa shape index (κ2) is 11.3. The lowest BCUT2D eigenvalue weighted by molar-refractivity contribution is 0.379. The van der Waals surface area contributed by atoms with E-state index in [9.17, 15) is 8.42 Å². The van der Waals surface area contributed by atoms with Gasteiger partial charge < -0.3 is 14.2 Å². The lowest BCUT2D eigenvalue weighted by Crippen LogP contribution is -2.31. The van der Waals surface area contributed by atoms with E-state index in [0.29, 0.717) is 45.2 Å². The topological polar surface area (TPSA) is 78.0 Å². The van der Waals surface area contributed by atoms with Gasteiger partial charge in [0.2, 0.25) is 15.9 Å². The van der Waals surface area contributed by atoms with Crippen LogP contribution in [0.1, 0.15) is 12.5 Å². The Morgan fingerprint density at radius 3 is 2.08 bits per heavy atom. The quantitative estimate of drug-likeness (QED) is 0.230. The fourth-order valence-electron chi connectivity index (χ4n) is 3.37. The summed E-state index contributed by atoms with van der Waals surface area (Å²) in [6.07, 6.45) is 1.60. The van der Waals surface area contributed by atoms with E-state index in [1.165, 1.54) is 4.31 Å². The second-order valence-electron chi connectivity index (χ2n) is 7.71. The minimum absolute atomic E-state index is 0.0440. The molecule has 0 unspecified atom stereocenters. The number of rotatable bonds is 10. The number of aromatic nitrogens is 1. The van der Waals surface area contributed by atoms with Crippen LogP contribution >= 0.6 is 11.6 Å². The van der Waals surface area contributed by atoms with Crippen LogP contribution < -0.4 is 18.5 Å². The Hall–Kier alpha value is -3.75. The minimum Gasteiger partial charge on any atom is -0.493 e. The molecule has 0 aliphatic rings. The number of benzene rings is 3. The van der Waals surface area contributed by atoms with Gasteiger partial charge in [-0.25, -0.2) is 13.4 Å². The number of hydrogen-bond acceptors (Lipinski definition) is 6. The summed E-state index contributed by atoms with van der Waals surface area (Å²) in [5, 5.41) is 0.613. The Morgan fingerprint density at radius 1 is 0.833 bits per heavy atom. The van der Waals surface area contributed by atoms with Gasteiger partial charge in [-0.15, -0.1) is 0 Å². The number of methoxy groups -OCH3 is 1. The molecule has 0 aliphatic carbocycles. The van der Waals surface area contributed by atoms with Crippen molar-refractivity contribution in [3.8, 4) is 28.9 Å². The van der Waals surface area contributed by atoms with Gasteiger partial charge in [0.25, 0.3) is 0 Å². The number of nitrogens with zero attached hydrogens (tertiary/aromatic N) is 2. The number of para-hydroxylation sites is 2. The summed E-state index contributed by atoms with van der Waals surface area (Å²) in [5.41, 5.74) is 1.23. The third-order valence-corrected chi connectivity index (χ3v) is 7.28. The van der Waals surface area contributed by atoms with Crippen LogP contribution in [0, 0.1) is 0 Å². The first-order valence-electron chi connectivity index (χ1n) is 11.2. The number of ether oxygens (including phenoxy) is 3. The maximum absolute atomic E-state index is 12.9. The highest BCUT2D eigenvalue weighted by Gasteiger charge is 2.21. The van der Waals surface area contributed by atoms with Crippen molar-refractivity contribution in [1.82, 2.24) is 4.98 Å². The lowest BCUT2D eigenvalue weighted by Gasteiger charge is -2.24. The van der Waals surface area contributed by atoms with E-state index < -0.39 is 10.0 Å². The van der Waals surface area contributed by atoms with E-state index in [1.807, 2.05) is 12.1 Å². The number of hydrogen-bond donors (Lipinski definition) is 0. The van der Waals surface area contributed by atoms with Gasteiger partial charge in [-0.05, 0) is 73.2 Å². The minimum atomic E-state index is -3.56. The van der Waals surface area contributed by atoms with E-state index in [0.717, 1.165) is 0 Å². The van der Waals surface area contributed by atoms with Gasteiger partial charge in [0.1, 0.15) is 11.5 Å². The molecule has 0 radical (unpaired) electrons. The average molecular weight is 525 g/mol. The second-order valence-corrected chi connectivity index (χ2v) is 10.3. The number of sulfonamides is 1. The molecule has 7 nitrogen and oxygen atoms in total. The molecule has 0 fully saturated rings. The zero-order chi connectivity index (χ0) is 25.5. The van der Waals surface area contributed by atoms with Crippen molar-refractivity contribution in [2.24, 2.45) is 0 Å². The Morgan fingerprint density at radius 2 is 1.47 bits per heavy atom. The van der Waals surface area contributed by atoms with Gasteiger partial charge in [-0.2, -0.15) is 0 Å². The fourth-order valence-corrected chi connectivity index (χ4v) is 4.60. The summed E-state index contributed by atoms with van der Waals surface area (Å²) in [5.74, 6) is 2.68. The highest BCUT2D eigenvalue weighted by molar-refractivity contribution is 7.92. The summed E-state index contributed by atoms with van der Waals surface area (Å²) in [4.78, 5) is 4.32. The monoisotopic (exact) mass is 524 g/mol. The number of pyridine rings is 1. The van der Waals surface area contributed by atoms with E-state index in [1.54, 1.807) is 93.0 Å². The zero-order valence-corrected chi connectivity index (χ0v) is 21.4. The van der Waals surface area contributed by atoms with Crippen LogP contribution in [-0.4, -0.2) is 26.3 Å². The zero-order valence-electron chi connectivity index (χ0n) is 19.8. The van der Waals surface area contributed by atoms with Crippen LogP contribution in [0.2, 0.25) is 5.02 Å². The van der Waals surface area contributed by atoms with E-state index in [4.69, 9.17) is 25.8 Å². The molecule has 36 heavy (non-hydrogen) atoms. The molecule has 0 atom stereocenters. The first kappa shape index (κ1) is 25.3. The van der Waals surface area contributed by atoms with Crippen molar-refractivity contribution in [2.75, 3.05) is 17.2 Å². The predicted octanol–water partition coefficient (Wildman–Crippen LogP) is 6.68. The average Bonchev–Trinajstić information content (AvgIpc) is 2.90. The Labute approximate surface area is 215 Å². The van der Waals surface area contributed by atoms with Crippen LogP contribution in [0.5, 0.6) is 28.9 Å². The molecule has 0 amide bonds. The van der Waals surface area contributed by atoms with Crippen molar-refractivity contribution in [1.29, 1.82) is 0 Å². The van der Waals surface area contributed by atoms with Crippen LogP contribution in [0.15, 0.2) is 91.1 Å². The Balaban J connectivity index is 1.51. The summed E-state index contributed by atoms with van der Waals surface area (Å²) >= 11 is 5.90. The summed E-state index contributed by atoms with van der Waals surface area (Å²) in [6, 6.07) is 24.6. The molecule has 0 aliphatic heterocycles. The summed E-state index contributed by atoms with van der Waals surface area (Å²) < 4.78 is 44.1. The molecule has 1 heterocycles. The summed E-state index contributed by atoms with van der Waals surface area (Å²) in [7, 11) is -1.98. The molecule has 186 valence electrons. The third-order valence-electron chi connectivity index (χ3n) is 5.28. The van der Waals surface area contributed by atoms with E-state index in [2.05, 4.69) is 4.98 Å². The van der Waals surface area contributed by atoms with Crippen LogP contribution in [0.4, 0.5) is 5.69 Å². The van der Waals surface area contributed by atoms with Gasteiger partial charge in [0.05, 0.1) is 25.1 Å². The SMILES string of the molecule is CCS(=O)(=O)N(Cc1ccc(Oc2ccc(Cl)cc2)nc1)c1ccc(Oc2ccccc2OC)cc1. The first-order chi connectivity index (χ1) is 17.4. The Bertz CT molecular complexity index is 1390. The first-order valence-corrected chi connectivity index (χ1v) is 13.2. The van der Waals surface area contributed by atoms with Crippen LogP contribution in [-0.2, 0) is 16.6 Å². The highest BCUT2D eigenvalue weighted by Crippen LogP contribution is 2.32. The normalized spacial score (nSPS) is 11.1. The van der Waals surface area contributed by atoms with Gasteiger partial charge in [-0.1, -0.05) is 29.8 Å². The van der Waals surface area contributed by atoms with Crippen LogP contribution in [0.3, 0.4) is 0 Å². The molecule has 0 saturated heterocycles. The van der Waals surface area contributed by atoms with Crippen molar-refractivity contribution in [3.05, 3.63) is 102 Å². The molecule has 0 saturated carbocycles. The largest absolute Gasteiger partial charge is 0.493 e. The van der Waals surface area contributed by atoms with Gasteiger partial charge in [0, 0.05) is 17.3 Å². The molecular weight excluding hydrogens is 500 g/mol. The maximum Gasteiger partial charge on any atom is 0.235 e. The molecule has 3 aromatic carbocycles. The van der Waals surface area contributed by atoms with Crippen molar-refractivity contribution < 1.29 is 22.6 Å². The van der Waals surface area contributed by atoms with Crippen molar-refractivity contribution >= 4 is 27.3 Å². The van der Waals surface area contributed by atoms with Gasteiger partial charge in [-0.3, -0.25) is 4.31 Å². The van der Waals surface area contributed by atoms with Crippen LogP contribution in [0.25, 0.3) is 0 Å². The smallest absolute Gasteiger partial charge is 0.235 e. The molecule has 0 N–H and O–H groups in total. The molecule has 0 spiro atoms. The summed E-state index contributed by atoms with van der Waals surface area (Å²) in [6.45, 7) is 1.74. The highest BCUT2D eigenvalue weighted by atomic mass is 35.5. The lowest BCUT2D eigenvalue weighted by atomic mass is 10.2. The van der Waals surface area contributed by atoms with E-state index >= 15 is 0 Å². The molecule has 0 bridgehead atoms. The molecule has 1 aromatic heterocycles. The fraction of sp³-hybridized carbons (Fsp3) is 0.148. The van der Waals surface area contributed by atoms with Gasteiger partial charge in [0.15, 0.2) is 11.5 Å². The predicted molar refractivity (Wildman–Crippen MR) is 141 cm³/mol. The Kier molecular flexibility index (Phi) is 7.97. The van der Waals surface area contributed by atoms with Gasteiger partial charge >= 0.3 is 0 Å². The standard InChI is InChI=1S/C27H25ClN2O5S/c1-3-36(31,32)30(19-20-8-17-27(29-18-20)35-24-13-9-21(28)10-14-24)22-11-15-23(16-12-22)34-26-7-5-4-6-25(26)33-2/h4-18H,3,19H2,1-2H3. The maximum atomic E-state index is 12.9. The molecule has 4 rings (SSSR count). The number of anilines is 1. The van der Waals surface area contributed by atoms with Crippen molar-refractivity contribution in [2.45, 2.75) is 13.5 Å². The molecule has 9 heteroatoms. The third kappa shape index (κ3) is 6.27.